The van der Waals surface area contributed by atoms with Gasteiger partial charge in [0.15, 0.2) is 0 Å². The maximum atomic E-state index is 5.87. The van der Waals surface area contributed by atoms with E-state index in [1.807, 2.05) is 12.1 Å². The quantitative estimate of drug-likeness (QED) is 0.730. The third kappa shape index (κ3) is 2.83. The molecule has 0 fully saturated rings. The minimum Gasteiger partial charge on any atom is -0.330 e. The van der Waals surface area contributed by atoms with Crippen LogP contribution in [0.1, 0.15) is 23.6 Å². The second kappa shape index (κ2) is 5.00. The summed E-state index contributed by atoms with van der Waals surface area (Å²) in [6.45, 7) is 4.47. The summed E-state index contributed by atoms with van der Waals surface area (Å²) in [5.41, 5.74) is 13.7. The molecule has 0 heterocycles. The Bertz CT molecular complexity index is 258. The average molecular weight is 177 g/mol. The largest absolute Gasteiger partial charge is 0.330 e. The second-order valence-corrected chi connectivity index (χ2v) is 3.18. The van der Waals surface area contributed by atoms with Crippen molar-refractivity contribution in [2.45, 2.75) is 18.9 Å². The van der Waals surface area contributed by atoms with Gasteiger partial charge in [0.05, 0.1) is 0 Å². The Labute approximate surface area is 79.9 Å². The van der Waals surface area contributed by atoms with Gasteiger partial charge in [-0.2, -0.15) is 0 Å². The molecule has 0 aromatic heterocycles. The summed E-state index contributed by atoms with van der Waals surface area (Å²) in [7, 11) is 0. The number of nitrogens with two attached hydrogens (primary N) is 2. The van der Waals surface area contributed by atoms with Crippen LogP contribution in [0.25, 0.3) is 0 Å². The zero-order valence-corrected chi connectivity index (χ0v) is 7.87. The molecule has 1 atom stereocenters. The molecule has 0 aliphatic carbocycles. The van der Waals surface area contributed by atoms with Gasteiger partial charge in [-0.25, -0.2) is 0 Å². The van der Waals surface area contributed by atoms with E-state index in [4.69, 9.17) is 11.5 Å². The zero-order valence-electron chi connectivity index (χ0n) is 7.87. The first-order valence-electron chi connectivity index (χ1n) is 4.61. The van der Waals surface area contributed by atoms with Gasteiger partial charge in [-0.3, -0.25) is 0 Å². The average Bonchev–Trinajstić information content (AvgIpc) is 2.18. The number of benzene rings is 1. The maximum absolute atomic E-state index is 5.87. The molecule has 0 saturated carbocycles. The molecule has 71 valence electrons. The monoisotopic (exact) mass is 177 g/mol. The van der Waals surface area contributed by atoms with Crippen LogP contribution in [0.2, 0.25) is 0 Å². The van der Waals surface area contributed by atoms with Gasteiger partial charge in [0, 0.05) is 6.04 Å². The molecule has 0 bridgehead atoms. The predicted molar refractivity (Wildman–Crippen MR) is 56.1 cm³/mol. The van der Waals surface area contributed by atoms with E-state index in [0.717, 1.165) is 18.4 Å². The molecule has 0 amide bonds. The van der Waals surface area contributed by atoms with Gasteiger partial charge in [-0.1, -0.05) is 31.2 Å². The van der Waals surface area contributed by atoms with Crippen molar-refractivity contribution in [1.82, 2.24) is 0 Å². The third-order valence-electron chi connectivity index (χ3n) is 2.12. The lowest BCUT2D eigenvalue weighted by Crippen LogP contribution is -2.09. The lowest BCUT2D eigenvalue weighted by molar-refractivity contribution is 0.736. The molecule has 13 heavy (non-hydrogen) atoms. The lowest BCUT2D eigenvalue weighted by atomic mass is 10.0. The highest BCUT2D eigenvalue weighted by Crippen LogP contribution is 2.14. The Kier molecular flexibility index (Phi) is 3.93. The molecular formula is C11H17N2. The van der Waals surface area contributed by atoms with Crippen molar-refractivity contribution in [3.05, 3.63) is 42.3 Å². The smallest absolute Gasteiger partial charge is 0.0294 e. The molecule has 1 rings (SSSR count). The Morgan fingerprint density at radius 3 is 2.77 bits per heavy atom. The van der Waals surface area contributed by atoms with E-state index >= 15 is 0 Å². The Balaban J connectivity index is 2.78. The summed E-state index contributed by atoms with van der Waals surface area (Å²) in [5, 5.41) is 0. The van der Waals surface area contributed by atoms with Crippen LogP contribution in [-0.4, -0.2) is 6.54 Å². The minimum atomic E-state index is 0.0534. The van der Waals surface area contributed by atoms with Crippen LogP contribution in [0.5, 0.6) is 0 Å². The van der Waals surface area contributed by atoms with Gasteiger partial charge in [-0.05, 0) is 30.5 Å². The Hall–Kier alpha value is -0.860. The lowest BCUT2D eigenvalue weighted by Gasteiger charge is -2.10. The summed E-state index contributed by atoms with van der Waals surface area (Å²) in [4.78, 5) is 0. The van der Waals surface area contributed by atoms with Crippen LogP contribution in [0.4, 0.5) is 0 Å². The molecule has 0 aliphatic heterocycles. The first-order chi connectivity index (χ1) is 6.27. The SMILES string of the molecule is [CH2]CC(N)c1cccc(CCN)c1. The van der Waals surface area contributed by atoms with Crippen molar-refractivity contribution in [1.29, 1.82) is 0 Å². The van der Waals surface area contributed by atoms with Crippen molar-refractivity contribution >= 4 is 0 Å². The van der Waals surface area contributed by atoms with Crippen LogP contribution in [0.15, 0.2) is 24.3 Å². The molecule has 0 aliphatic rings. The minimum absolute atomic E-state index is 0.0534. The van der Waals surface area contributed by atoms with E-state index in [-0.39, 0.29) is 6.04 Å². The van der Waals surface area contributed by atoms with Crippen LogP contribution in [0, 0.1) is 6.92 Å². The highest BCUT2D eigenvalue weighted by atomic mass is 14.6. The van der Waals surface area contributed by atoms with Gasteiger partial charge >= 0.3 is 0 Å². The highest BCUT2D eigenvalue weighted by molar-refractivity contribution is 5.26. The van der Waals surface area contributed by atoms with Crippen LogP contribution in [-0.2, 0) is 6.42 Å². The van der Waals surface area contributed by atoms with Gasteiger partial charge in [-0.15, -0.1) is 0 Å². The van der Waals surface area contributed by atoms with Crippen molar-refractivity contribution in [2.75, 3.05) is 6.54 Å². The summed E-state index contributed by atoms with van der Waals surface area (Å²) in [5.74, 6) is 0. The fraction of sp³-hybridized carbons (Fsp3) is 0.364. The normalized spacial score (nSPS) is 12.8. The van der Waals surface area contributed by atoms with Gasteiger partial charge in [0.25, 0.3) is 0 Å². The second-order valence-electron chi connectivity index (χ2n) is 3.18. The van der Waals surface area contributed by atoms with Crippen LogP contribution in [0.3, 0.4) is 0 Å². The molecular weight excluding hydrogens is 160 g/mol. The van der Waals surface area contributed by atoms with Crippen LogP contribution >= 0.6 is 0 Å². The molecule has 2 heteroatoms. The molecule has 1 radical (unpaired) electrons. The van der Waals surface area contributed by atoms with Gasteiger partial charge in [0.2, 0.25) is 0 Å². The van der Waals surface area contributed by atoms with E-state index in [1.54, 1.807) is 0 Å². The van der Waals surface area contributed by atoms with E-state index in [0.29, 0.717) is 6.54 Å². The first-order valence-corrected chi connectivity index (χ1v) is 4.61. The van der Waals surface area contributed by atoms with Crippen molar-refractivity contribution in [3.63, 3.8) is 0 Å². The van der Waals surface area contributed by atoms with Crippen LogP contribution < -0.4 is 11.5 Å². The standard InChI is InChI=1S/C11H17N2/c1-2-11(13)10-5-3-4-9(8-10)6-7-12/h3-5,8,11H,1-2,6-7,12-13H2. The topological polar surface area (TPSA) is 52.0 Å². The van der Waals surface area contributed by atoms with Crippen molar-refractivity contribution < 1.29 is 0 Å². The predicted octanol–water partition coefficient (Wildman–Crippen LogP) is 1.41. The zero-order chi connectivity index (χ0) is 9.68. The molecule has 1 aromatic rings. The molecule has 1 aromatic carbocycles. The fourth-order valence-corrected chi connectivity index (χ4v) is 1.31. The van der Waals surface area contributed by atoms with Crippen molar-refractivity contribution in [2.24, 2.45) is 11.5 Å². The molecule has 0 spiro atoms. The van der Waals surface area contributed by atoms with E-state index < -0.39 is 0 Å². The van der Waals surface area contributed by atoms with Gasteiger partial charge in [0.1, 0.15) is 0 Å². The number of rotatable bonds is 4. The maximum Gasteiger partial charge on any atom is 0.0294 e. The van der Waals surface area contributed by atoms with E-state index in [9.17, 15) is 0 Å². The third-order valence-corrected chi connectivity index (χ3v) is 2.12. The van der Waals surface area contributed by atoms with E-state index in [2.05, 4.69) is 19.1 Å². The molecule has 0 saturated heterocycles. The highest BCUT2D eigenvalue weighted by Gasteiger charge is 2.02. The molecule has 4 N–H and O–H groups in total. The number of hydrogen-bond acceptors (Lipinski definition) is 2. The van der Waals surface area contributed by atoms with Gasteiger partial charge < -0.3 is 11.5 Å². The van der Waals surface area contributed by atoms with E-state index in [1.165, 1.54) is 5.56 Å². The van der Waals surface area contributed by atoms with Crippen molar-refractivity contribution in [3.8, 4) is 0 Å². The molecule has 2 nitrogen and oxygen atoms in total. The fourth-order valence-electron chi connectivity index (χ4n) is 1.31. The number of hydrogen-bond donors (Lipinski definition) is 2. The Morgan fingerprint density at radius 2 is 2.15 bits per heavy atom. The summed E-state index contributed by atoms with van der Waals surface area (Å²) in [6.07, 6.45) is 1.64. The summed E-state index contributed by atoms with van der Waals surface area (Å²) >= 11 is 0. The molecule has 1 unspecified atom stereocenters. The Morgan fingerprint density at radius 1 is 1.38 bits per heavy atom. The summed E-state index contributed by atoms with van der Waals surface area (Å²) in [6, 6.07) is 8.30. The first kappa shape index (κ1) is 10.2. The summed E-state index contributed by atoms with van der Waals surface area (Å²) < 4.78 is 0.